The first kappa shape index (κ1) is 4.97. The Hall–Kier alpha value is -1.18. The maximum Gasteiger partial charge on any atom is 0.167 e. The molecule has 1 heterocycles. The van der Waals surface area contributed by atoms with Crippen molar-refractivity contribution >= 4 is 5.76 Å². The fourth-order valence-corrected chi connectivity index (χ4v) is 0.443. The zero-order chi connectivity index (χ0) is 5.98. The molecule has 0 spiro atoms. The highest BCUT2D eigenvalue weighted by molar-refractivity contribution is 5.49. The summed E-state index contributed by atoms with van der Waals surface area (Å²) in [5.74, 6) is 0.389. The zero-order valence-corrected chi connectivity index (χ0v) is 4.29. The van der Waals surface area contributed by atoms with Gasteiger partial charge in [-0.3, -0.25) is 0 Å². The Balaban J connectivity index is 2.93. The Bertz CT molecular complexity index is 174. The summed E-state index contributed by atoms with van der Waals surface area (Å²) in [5.41, 5.74) is 0. The number of aliphatic hydroxyl groups is 1. The molecule has 0 atom stereocenters. The minimum absolute atomic E-state index is 0.0324. The highest BCUT2D eigenvalue weighted by atomic mass is 16.4. The van der Waals surface area contributed by atoms with Gasteiger partial charge in [0.2, 0.25) is 0 Å². The average Bonchev–Trinajstić information content (AvgIpc) is 2.12. The lowest BCUT2D eigenvalue weighted by Gasteiger charge is -1.85. The largest absolute Gasteiger partial charge is 0.505 e. The summed E-state index contributed by atoms with van der Waals surface area (Å²) in [6.07, 6.45) is 1.48. The van der Waals surface area contributed by atoms with E-state index in [1.807, 2.05) is 0 Å². The molecule has 1 aromatic rings. The molecular formula is C6H6O2. The third-order valence-corrected chi connectivity index (χ3v) is 0.806. The van der Waals surface area contributed by atoms with Crippen LogP contribution in [0.3, 0.4) is 0 Å². The molecule has 0 aliphatic carbocycles. The second-order valence-corrected chi connectivity index (χ2v) is 1.42. The smallest absolute Gasteiger partial charge is 0.167 e. The van der Waals surface area contributed by atoms with Crippen LogP contribution in [0.15, 0.2) is 29.4 Å². The molecule has 8 heavy (non-hydrogen) atoms. The molecule has 0 aliphatic heterocycles. The van der Waals surface area contributed by atoms with E-state index >= 15 is 0 Å². The second-order valence-electron chi connectivity index (χ2n) is 1.42. The first-order valence-corrected chi connectivity index (χ1v) is 2.22. The molecule has 0 aromatic carbocycles. The summed E-state index contributed by atoms with van der Waals surface area (Å²) in [5, 5.41) is 8.62. The van der Waals surface area contributed by atoms with Gasteiger partial charge in [0, 0.05) is 0 Å². The van der Waals surface area contributed by atoms with E-state index in [0.29, 0.717) is 5.76 Å². The van der Waals surface area contributed by atoms with Crippen molar-refractivity contribution in [3.8, 4) is 0 Å². The van der Waals surface area contributed by atoms with E-state index < -0.39 is 0 Å². The van der Waals surface area contributed by atoms with Crippen molar-refractivity contribution in [1.82, 2.24) is 0 Å². The molecule has 0 saturated heterocycles. The van der Waals surface area contributed by atoms with Gasteiger partial charge in [-0.15, -0.1) is 0 Å². The van der Waals surface area contributed by atoms with Crippen molar-refractivity contribution in [2.45, 2.75) is 0 Å². The predicted octanol–water partition coefficient (Wildman–Crippen LogP) is 1.81. The number of hydrogen-bond acceptors (Lipinski definition) is 2. The molecule has 42 valence electrons. The van der Waals surface area contributed by atoms with E-state index in [0.717, 1.165) is 0 Å². The van der Waals surface area contributed by atoms with Gasteiger partial charge in [0.15, 0.2) is 11.5 Å². The molecule has 0 radical (unpaired) electrons. The Morgan fingerprint density at radius 2 is 2.50 bits per heavy atom. The van der Waals surface area contributed by atoms with Crippen LogP contribution in [0.25, 0.3) is 5.76 Å². The third kappa shape index (κ3) is 0.729. The first-order valence-electron chi connectivity index (χ1n) is 2.22. The Morgan fingerprint density at radius 3 is 2.75 bits per heavy atom. The molecule has 1 rings (SSSR count). The first-order chi connectivity index (χ1) is 3.80. The number of aliphatic hydroxyl groups excluding tert-OH is 1. The summed E-state index contributed by atoms with van der Waals surface area (Å²) in [7, 11) is 0. The van der Waals surface area contributed by atoms with Crippen LogP contribution in [-0.2, 0) is 0 Å². The molecule has 1 aromatic heterocycles. The van der Waals surface area contributed by atoms with Gasteiger partial charge < -0.3 is 9.52 Å². The number of hydrogen-bond donors (Lipinski definition) is 1. The van der Waals surface area contributed by atoms with Gasteiger partial charge in [0.1, 0.15) is 0 Å². The van der Waals surface area contributed by atoms with Crippen LogP contribution in [-0.4, -0.2) is 5.11 Å². The molecule has 0 fully saturated rings. The maximum atomic E-state index is 8.62. The van der Waals surface area contributed by atoms with Crippen molar-refractivity contribution in [1.29, 1.82) is 0 Å². The fourth-order valence-electron chi connectivity index (χ4n) is 0.443. The minimum Gasteiger partial charge on any atom is -0.505 e. The van der Waals surface area contributed by atoms with Crippen LogP contribution >= 0.6 is 0 Å². The summed E-state index contributed by atoms with van der Waals surface area (Å²) in [4.78, 5) is 0. The third-order valence-electron chi connectivity index (χ3n) is 0.806. The Morgan fingerprint density at radius 1 is 1.75 bits per heavy atom. The highest BCUT2D eigenvalue weighted by Gasteiger charge is 1.94. The van der Waals surface area contributed by atoms with Gasteiger partial charge in [0.05, 0.1) is 6.26 Å². The minimum atomic E-state index is -0.0324. The second kappa shape index (κ2) is 1.74. The molecule has 0 unspecified atom stereocenters. The summed E-state index contributed by atoms with van der Waals surface area (Å²) >= 11 is 0. The van der Waals surface area contributed by atoms with E-state index in [9.17, 15) is 0 Å². The quantitative estimate of drug-likeness (QED) is 0.559. The Labute approximate surface area is 47.1 Å². The van der Waals surface area contributed by atoms with Crippen LogP contribution in [0.5, 0.6) is 0 Å². The SMILES string of the molecule is C=C(O)c1ccco1. The van der Waals surface area contributed by atoms with Gasteiger partial charge in [-0.25, -0.2) is 0 Å². The lowest BCUT2D eigenvalue weighted by molar-refractivity contribution is 0.460. The lowest BCUT2D eigenvalue weighted by atomic mass is 10.4. The zero-order valence-electron chi connectivity index (χ0n) is 4.29. The molecule has 1 N–H and O–H groups in total. The van der Waals surface area contributed by atoms with Gasteiger partial charge in [-0.2, -0.15) is 0 Å². The van der Waals surface area contributed by atoms with Gasteiger partial charge in [-0.05, 0) is 12.1 Å². The fraction of sp³-hybridized carbons (Fsp3) is 0. The number of furan rings is 1. The van der Waals surface area contributed by atoms with E-state index in [1.165, 1.54) is 6.26 Å². The van der Waals surface area contributed by atoms with E-state index in [2.05, 4.69) is 6.58 Å². The van der Waals surface area contributed by atoms with E-state index in [-0.39, 0.29) is 5.76 Å². The predicted molar refractivity (Wildman–Crippen MR) is 30.4 cm³/mol. The van der Waals surface area contributed by atoms with Crippen molar-refractivity contribution in [3.05, 3.63) is 30.7 Å². The van der Waals surface area contributed by atoms with Crippen molar-refractivity contribution in [3.63, 3.8) is 0 Å². The average molecular weight is 110 g/mol. The van der Waals surface area contributed by atoms with Crippen LogP contribution in [0.2, 0.25) is 0 Å². The Kier molecular flexibility index (Phi) is 1.08. The molecule has 0 bridgehead atoms. The topological polar surface area (TPSA) is 33.4 Å². The highest BCUT2D eigenvalue weighted by Crippen LogP contribution is 2.07. The van der Waals surface area contributed by atoms with Crippen LogP contribution in [0.1, 0.15) is 5.76 Å². The van der Waals surface area contributed by atoms with Crippen LogP contribution in [0, 0.1) is 0 Å². The molecule has 0 aliphatic rings. The molecule has 0 amide bonds. The van der Waals surface area contributed by atoms with Crippen LogP contribution < -0.4 is 0 Å². The van der Waals surface area contributed by atoms with E-state index in [4.69, 9.17) is 9.52 Å². The number of rotatable bonds is 1. The summed E-state index contributed by atoms with van der Waals surface area (Å²) in [6, 6.07) is 3.33. The molecule has 2 heteroatoms. The van der Waals surface area contributed by atoms with Crippen LogP contribution in [0.4, 0.5) is 0 Å². The normalized spacial score (nSPS) is 9.00. The summed E-state index contributed by atoms with van der Waals surface area (Å²) in [6.45, 7) is 3.26. The standard InChI is InChI=1S/C6H6O2/c1-5(7)6-3-2-4-8-6/h2-4,7H,1H2. The maximum absolute atomic E-state index is 8.62. The lowest BCUT2D eigenvalue weighted by Crippen LogP contribution is -1.70. The van der Waals surface area contributed by atoms with Gasteiger partial charge >= 0.3 is 0 Å². The monoisotopic (exact) mass is 110 g/mol. The van der Waals surface area contributed by atoms with Gasteiger partial charge in [0.25, 0.3) is 0 Å². The molecule has 2 nitrogen and oxygen atoms in total. The molecule has 0 saturated carbocycles. The van der Waals surface area contributed by atoms with Crippen molar-refractivity contribution in [2.75, 3.05) is 0 Å². The van der Waals surface area contributed by atoms with E-state index in [1.54, 1.807) is 12.1 Å². The van der Waals surface area contributed by atoms with Gasteiger partial charge in [-0.1, -0.05) is 6.58 Å². The molecular weight excluding hydrogens is 104 g/mol. The van der Waals surface area contributed by atoms with Crippen molar-refractivity contribution < 1.29 is 9.52 Å². The summed E-state index contributed by atoms with van der Waals surface area (Å²) < 4.78 is 4.75. The van der Waals surface area contributed by atoms with Crippen molar-refractivity contribution in [2.24, 2.45) is 0 Å².